The van der Waals surface area contributed by atoms with Crippen molar-refractivity contribution in [3.8, 4) is 28.5 Å². The fourth-order valence-electron chi connectivity index (χ4n) is 4.09. The van der Waals surface area contributed by atoms with Crippen LogP contribution in [0, 0.1) is 0 Å². The second kappa shape index (κ2) is 8.82. The van der Waals surface area contributed by atoms with Gasteiger partial charge in [0.1, 0.15) is 12.4 Å². The first-order chi connectivity index (χ1) is 15.7. The minimum absolute atomic E-state index is 0.111. The number of H-pyrrole nitrogens is 1. The summed E-state index contributed by atoms with van der Waals surface area (Å²) < 4.78 is 16.7. The zero-order valence-corrected chi connectivity index (χ0v) is 17.9. The van der Waals surface area contributed by atoms with E-state index in [1.54, 1.807) is 7.11 Å². The summed E-state index contributed by atoms with van der Waals surface area (Å²) in [5.41, 5.74) is 2.02. The Morgan fingerprint density at radius 1 is 1.12 bits per heavy atom. The van der Waals surface area contributed by atoms with Crippen molar-refractivity contribution in [3.05, 3.63) is 54.6 Å². The number of carbonyl (C=O) groups is 1. The smallest absolute Gasteiger partial charge is 0.264 e. The SMILES string of the molecule is COc1ccc(-c2cc(N3CCC(NC(=O)C4COc5ccccc5O4)CC3)n[nH]2)cc1. The summed E-state index contributed by atoms with van der Waals surface area (Å²) in [6, 6.07) is 17.5. The van der Waals surface area contributed by atoms with Gasteiger partial charge >= 0.3 is 0 Å². The summed E-state index contributed by atoms with van der Waals surface area (Å²) in [5, 5.41) is 10.7. The molecule has 1 amide bonds. The molecule has 8 nitrogen and oxygen atoms in total. The highest BCUT2D eigenvalue weighted by molar-refractivity contribution is 5.82. The van der Waals surface area contributed by atoms with Gasteiger partial charge in [0.25, 0.3) is 5.91 Å². The Morgan fingerprint density at radius 3 is 2.62 bits per heavy atom. The summed E-state index contributed by atoms with van der Waals surface area (Å²) in [4.78, 5) is 14.9. The van der Waals surface area contributed by atoms with Crippen molar-refractivity contribution in [2.45, 2.75) is 25.0 Å². The zero-order chi connectivity index (χ0) is 21.9. The number of amides is 1. The van der Waals surface area contributed by atoms with Crippen molar-refractivity contribution < 1.29 is 19.0 Å². The molecule has 3 heterocycles. The maximum Gasteiger partial charge on any atom is 0.264 e. The number of anilines is 1. The van der Waals surface area contributed by atoms with Crippen LogP contribution in [-0.4, -0.2) is 55.1 Å². The summed E-state index contributed by atoms with van der Waals surface area (Å²) >= 11 is 0. The van der Waals surface area contributed by atoms with Crippen LogP contribution in [-0.2, 0) is 4.79 Å². The molecule has 0 saturated carbocycles. The van der Waals surface area contributed by atoms with Crippen LogP contribution in [0.3, 0.4) is 0 Å². The van der Waals surface area contributed by atoms with Gasteiger partial charge in [0.05, 0.1) is 12.8 Å². The molecule has 2 N–H and O–H groups in total. The Bertz CT molecular complexity index is 1070. The first kappa shape index (κ1) is 20.2. The molecule has 1 atom stereocenters. The van der Waals surface area contributed by atoms with Gasteiger partial charge in [-0.05, 0) is 54.8 Å². The minimum Gasteiger partial charge on any atom is -0.497 e. The number of aromatic nitrogens is 2. The molecular weight excluding hydrogens is 408 g/mol. The Labute approximate surface area is 186 Å². The summed E-state index contributed by atoms with van der Waals surface area (Å²) in [7, 11) is 1.66. The average molecular weight is 434 g/mol. The number of hydrogen-bond donors (Lipinski definition) is 2. The van der Waals surface area contributed by atoms with Crippen molar-refractivity contribution in [2.75, 3.05) is 31.7 Å². The van der Waals surface area contributed by atoms with E-state index in [1.165, 1.54) is 0 Å². The van der Waals surface area contributed by atoms with Gasteiger partial charge in [0.15, 0.2) is 17.3 Å². The maximum atomic E-state index is 12.7. The fraction of sp³-hybridized carbons (Fsp3) is 0.333. The predicted octanol–water partition coefficient (Wildman–Crippen LogP) is 3.01. The zero-order valence-electron chi connectivity index (χ0n) is 17.9. The van der Waals surface area contributed by atoms with E-state index in [-0.39, 0.29) is 18.6 Å². The van der Waals surface area contributed by atoms with E-state index in [9.17, 15) is 4.79 Å². The van der Waals surface area contributed by atoms with Crippen LogP contribution in [0.2, 0.25) is 0 Å². The lowest BCUT2D eigenvalue weighted by atomic mass is 10.0. The van der Waals surface area contributed by atoms with Gasteiger partial charge in [0.2, 0.25) is 6.10 Å². The number of para-hydroxylation sites is 2. The molecule has 0 radical (unpaired) electrons. The van der Waals surface area contributed by atoms with Gasteiger partial charge in [-0.2, -0.15) is 5.10 Å². The first-order valence-electron chi connectivity index (χ1n) is 10.8. The van der Waals surface area contributed by atoms with Gasteiger partial charge < -0.3 is 24.4 Å². The number of carbonyl (C=O) groups excluding carboxylic acids is 1. The molecule has 5 rings (SSSR count). The molecule has 1 saturated heterocycles. The number of aromatic amines is 1. The largest absolute Gasteiger partial charge is 0.497 e. The second-order valence-corrected chi connectivity index (χ2v) is 8.00. The number of benzene rings is 2. The van der Waals surface area contributed by atoms with E-state index in [0.717, 1.165) is 48.8 Å². The quantitative estimate of drug-likeness (QED) is 0.642. The third kappa shape index (κ3) is 4.21. The number of nitrogens with one attached hydrogen (secondary N) is 2. The summed E-state index contributed by atoms with van der Waals surface area (Å²) in [6.07, 6.45) is 1.07. The van der Waals surface area contributed by atoms with E-state index in [4.69, 9.17) is 14.2 Å². The number of hydrogen-bond acceptors (Lipinski definition) is 6. The van der Waals surface area contributed by atoms with Crippen molar-refractivity contribution in [1.82, 2.24) is 15.5 Å². The molecule has 1 unspecified atom stereocenters. The normalized spacial score (nSPS) is 18.3. The number of piperidine rings is 1. The molecular formula is C24H26N4O4. The standard InChI is InChI=1S/C24H26N4O4/c1-30-18-8-6-16(7-9-18)19-14-23(27-26-19)28-12-10-17(11-13-28)25-24(29)22-15-31-20-4-2-3-5-21(20)32-22/h2-9,14,17,22H,10-13,15H2,1H3,(H,25,29)(H,26,27). The molecule has 0 spiro atoms. The number of methoxy groups -OCH3 is 1. The van der Waals surface area contributed by atoms with E-state index < -0.39 is 6.10 Å². The van der Waals surface area contributed by atoms with Crippen LogP contribution in [0.15, 0.2) is 54.6 Å². The van der Waals surface area contributed by atoms with Gasteiger partial charge in [-0.3, -0.25) is 9.89 Å². The molecule has 0 bridgehead atoms. The van der Waals surface area contributed by atoms with Crippen LogP contribution in [0.5, 0.6) is 17.2 Å². The number of rotatable bonds is 5. The van der Waals surface area contributed by atoms with Crippen molar-refractivity contribution >= 4 is 11.7 Å². The second-order valence-electron chi connectivity index (χ2n) is 8.00. The van der Waals surface area contributed by atoms with Gasteiger partial charge in [-0.25, -0.2) is 0 Å². The monoisotopic (exact) mass is 434 g/mol. The van der Waals surface area contributed by atoms with Crippen molar-refractivity contribution in [2.24, 2.45) is 0 Å². The first-order valence-corrected chi connectivity index (χ1v) is 10.8. The van der Waals surface area contributed by atoms with Crippen molar-refractivity contribution in [3.63, 3.8) is 0 Å². The van der Waals surface area contributed by atoms with Crippen LogP contribution < -0.4 is 24.4 Å². The van der Waals surface area contributed by atoms with Gasteiger partial charge in [-0.15, -0.1) is 0 Å². The number of fused-ring (bicyclic) bond motifs is 1. The number of nitrogens with zero attached hydrogens (tertiary/aromatic N) is 2. The van der Waals surface area contributed by atoms with Gasteiger partial charge in [-0.1, -0.05) is 12.1 Å². The Balaban J connectivity index is 1.14. The molecule has 1 aromatic heterocycles. The third-order valence-electron chi connectivity index (χ3n) is 5.93. The maximum absolute atomic E-state index is 12.7. The highest BCUT2D eigenvalue weighted by Gasteiger charge is 2.30. The molecule has 0 aliphatic carbocycles. The summed E-state index contributed by atoms with van der Waals surface area (Å²) in [5.74, 6) is 2.91. The highest BCUT2D eigenvalue weighted by Crippen LogP contribution is 2.31. The molecule has 1 fully saturated rings. The Kier molecular flexibility index (Phi) is 5.58. The third-order valence-corrected chi connectivity index (χ3v) is 5.93. The van der Waals surface area contributed by atoms with E-state index in [0.29, 0.717) is 11.5 Å². The molecule has 2 aromatic carbocycles. The Hall–Kier alpha value is -3.68. The lowest BCUT2D eigenvalue weighted by Gasteiger charge is -2.33. The van der Waals surface area contributed by atoms with Crippen LogP contribution in [0.25, 0.3) is 11.3 Å². The molecule has 3 aromatic rings. The molecule has 32 heavy (non-hydrogen) atoms. The van der Waals surface area contributed by atoms with E-state index >= 15 is 0 Å². The summed E-state index contributed by atoms with van der Waals surface area (Å²) in [6.45, 7) is 1.87. The van der Waals surface area contributed by atoms with Gasteiger partial charge in [0, 0.05) is 25.2 Å². The highest BCUT2D eigenvalue weighted by atomic mass is 16.6. The topological polar surface area (TPSA) is 88.7 Å². The lowest BCUT2D eigenvalue weighted by Crippen LogP contribution is -2.51. The lowest BCUT2D eigenvalue weighted by molar-refractivity contribution is -0.131. The Morgan fingerprint density at radius 2 is 1.88 bits per heavy atom. The van der Waals surface area contributed by atoms with Crippen LogP contribution in [0.1, 0.15) is 12.8 Å². The van der Waals surface area contributed by atoms with E-state index in [1.807, 2.05) is 48.5 Å². The van der Waals surface area contributed by atoms with E-state index in [2.05, 4.69) is 26.5 Å². The minimum atomic E-state index is -0.624. The fourth-order valence-corrected chi connectivity index (χ4v) is 4.09. The van der Waals surface area contributed by atoms with Crippen molar-refractivity contribution in [1.29, 1.82) is 0 Å². The molecule has 166 valence electrons. The van der Waals surface area contributed by atoms with Crippen LogP contribution in [0.4, 0.5) is 5.82 Å². The molecule has 2 aliphatic heterocycles. The number of ether oxygens (including phenoxy) is 3. The molecule has 8 heteroatoms. The van der Waals surface area contributed by atoms with Crippen LogP contribution >= 0.6 is 0 Å². The predicted molar refractivity (Wildman–Crippen MR) is 120 cm³/mol. The molecule has 2 aliphatic rings. The average Bonchev–Trinajstić information content (AvgIpc) is 3.34.